The number of aryl methyl sites for hydroxylation is 1. The molecule has 0 N–H and O–H groups in total. The molecule has 4 rings (SSSR count). The molecule has 0 unspecified atom stereocenters. The van der Waals surface area contributed by atoms with Crippen LogP contribution in [0.1, 0.15) is 12.8 Å². The number of sulfonamides is 1. The second-order valence-corrected chi connectivity index (χ2v) is 9.65. The molecule has 0 saturated carbocycles. The first-order valence-electron chi connectivity index (χ1n) is 7.91. The summed E-state index contributed by atoms with van der Waals surface area (Å²) in [5.41, 5.74) is 0.168. The lowest BCUT2D eigenvalue weighted by molar-refractivity contribution is -0.116. The van der Waals surface area contributed by atoms with Crippen molar-refractivity contribution in [2.45, 2.75) is 23.9 Å². The summed E-state index contributed by atoms with van der Waals surface area (Å²) in [5, 5.41) is 4.32. The Morgan fingerprint density at radius 1 is 1.26 bits per heavy atom. The van der Waals surface area contributed by atoms with E-state index in [1.54, 1.807) is 17.4 Å². The van der Waals surface area contributed by atoms with Gasteiger partial charge in [-0.3, -0.25) is 9.58 Å². The van der Waals surface area contributed by atoms with Crippen LogP contribution in [0, 0.1) is 5.41 Å². The molecular formula is C14H21BrN4O3S. The molecule has 0 radical (unpaired) electrons. The van der Waals surface area contributed by atoms with Crippen molar-refractivity contribution in [2.24, 2.45) is 12.5 Å². The third-order valence-corrected chi connectivity index (χ3v) is 7.46. The van der Waals surface area contributed by atoms with Gasteiger partial charge in [0, 0.05) is 64.0 Å². The molecule has 1 spiro atoms. The first kappa shape index (κ1) is 16.0. The molecule has 7 nitrogen and oxygen atoms in total. The predicted molar refractivity (Wildman–Crippen MR) is 87.5 cm³/mol. The van der Waals surface area contributed by atoms with E-state index in [-0.39, 0.29) is 10.4 Å². The number of likely N-dealkylation sites (tertiary alicyclic amines) is 1. The maximum Gasteiger partial charge on any atom is 0.260 e. The second-order valence-electron chi connectivity index (χ2n) is 6.95. The van der Waals surface area contributed by atoms with Crippen molar-refractivity contribution in [1.29, 1.82) is 0 Å². The molecule has 128 valence electrons. The van der Waals surface area contributed by atoms with E-state index in [2.05, 4.69) is 25.9 Å². The smallest absolute Gasteiger partial charge is 0.260 e. The number of rotatable bonds is 3. The van der Waals surface area contributed by atoms with E-state index in [4.69, 9.17) is 4.74 Å². The van der Waals surface area contributed by atoms with Crippen molar-refractivity contribution in [3.05, 3.63) is 10.7 Å². The van der Waals surface area contributed by atoms with Crippen molar-refractivity contribution < 1.29 is 13.2 Å². The minimum absolute atomic E-state index is 0.168. The van der Waals surface area contributed by atoms with Gasteiger partial charge in [-0.15, -0.1) is 0 Å². The zero-order valence-corrected chi connectivity index (χ0v) is 15.5. The molecule has 9 heteroatoms. The van der Waals surface area contributed by atoms with Crippen molar-refractivity contribution in [3.8, 4) is 0 Å². The van der Waals surface area contributed by atoms with Gasteiger partial charge in [-0.25, -0.2) is 8.42 Å². The zero-order valence-electron chi connectivity index (χ0n) is 13.1. The second kappa shape index (κ2) is 5.52. The highest BCUT2D eigenvalue weighted by molar-refractivity contribution is 9.10. The van der Waals surface area contributed by atoms with E-state index < -0.39 is 10.0 Å². The van der Waals surface area contributed by atoms with Gasteiger partial charge in [0.2, 0.25) is 0 Å². The van der Waals surface area contributed by atoms with Crippen LogP contribution in [-0.2, 0) is 21.8 Å². The van der Waals surface area contributed by atoms with Crippen molar-refractivity contribution >= 4 is 26.0 Å². The molecule has 23 heavy (non-hydrogen) atoms. The Morgan fingerprint density at radius 2 is 1.91 bits per heavy atom. The fourth-order valence-electron chi connectivity index (χ4n) is 3.99. The molecule has 0 amide bonds. The van der Waals surface area contributed by atoms with Gasteiger partial charge >= 0.3 is 0 Å². The number of halogens is 1. The maximum absolute atomic E-state index is 12.7. The first-order chi connectivity index (χ1) is 10.9. The van der Waals surface area contributed by atoms with E-state index in [0.29, 0.717) is 23.7 Å². The fourth-order valence-corrected chi connectivity index (χ4v) is 6.38. The average molecular weight is 405 g/mol. The lowest BCUT2D eigenvalue weighted by Crippen LogP contribution is -2.74. The Kier molecular flexibility index (Phi) is 3.84. The van der Waals surface area contributed by atoms with Crippen LogP contribution in [0.15, 0.2) is 15.7 Å². The van der Waals surface area contributed by atoms with Crippen molar-refractivity contribution in [2.75, 3.05) is 39.4 Å². The minimum atomic E-state index is -3.44. The van der Waals surface area contributed by atoms with Crippen LogP contribution in [0.4, 0.5) is 0 Å². The molecule has 4 heterocycles. The van der Waals surface area contributed by atoms with Gasteiger partial charge in [0.1, 0.15) is 4.60 Å². The van der Waals surface area contributed by atoms with E-state index in [0.717, 1.165) is 39.1 Å². The van der Waals surface area contributed by atoms with Crippen LogP contribution in [0.5, 0.6) is 0 Å². The van der Waals surface area contributed by atoms with Gasteiger partial charge in [0.15, 0.2) is 5.03 Å². The first-order valence-corrected chi connectivity index (χ1v) is 10.1. The lowest BCUT2D eigenvalue weighted by Gasteiger charge is -2.61. The molecule has 0 atom stereocenters. The number of ether oxygens (including phenoxy) is 1. The van der Waals surface area contributed by atoms with Gasteiger partial charge < -0.3 is 4.74 Å². The third kappa shape index (κ3) is 2.66. The third-order valence-electron chi connectivity index (χ3n) is 5.22. The van der Waals surface area contributed by atoms with Crippen LogP contribution < -0.4 is 0 Å². The van der Waals surface area contributed by atoms with Gasteiger partial charge in [-0.05, 0) is 28.8 Å². The van der Waals surface area contributed by atoms with Crippen LogP contribution >= 0.6 is 15.9 Å². The SMILES string of the molecule is Cn1nc(Br)cc1S(=O)(=O)N1CC2(CN(C3CCOCC3)C2)C1. The molecule has 3 aliphatic rings. The number of aromatic nitrogens is 2. The summed E-state index contributed by atoms with van der Waals surface area (Å²) in [6, 6.07) is 2.18. The quantitative estimate of drug-likeness (QED) is 0.740. The van der Waals surface area contributed by atoms with Gasteiger partial charge in [0.25, 0.3) is 10.0 Å². The highest BCUT2D eigenvalue weighted by Crippen LogP contribution is 2.44. The summed E-state index contributed by atoms with van der Waals surface area (Å²) in [5.74, 6) is 0. The summed E-state index contributed by atoms with van der Waals surface area (Å²) in [7, 11) is -1.78. The van der Waals surface area contributed by atoms with Crippen molar-refractivity contribution in [1.82, 2.24) is 19.0 Å². The van der Waals surface area contributed by atoms with Gasteiger partial charge in [-0.1, -0.05) is 0 Å². The lowest BCUT2D eigenvalue weighted by atomic mass is 9.73. The highest BCUT2D eigenvalue weighted by Gasteiger charge is 2.56. The molecule has 1 aromatic heterocycles. The Labute approximate surface area is 144 Å². The monoisotopic (exact) mass is 404 g/mol. The summed E-state index contributed by atoms with van der Waals surface area (Å²) in [6.07, 6.45) is 2.20. The highest BCUT2D eigenvalue weighted by atomic mass is 79.9. The summed E-state index contributed by atoms with van der Waals surface area (Å²) >= 11 is 3.23. The maximum atomic E-state index is 12.7. The Balaban J connectivity index is 1.38. The summed E-state index contributed by atoms with van der Waals surface area (Å²) < 4.78 is 34.3. The standard InChI is InChI=1S/C14H21BrN4O3S/c1-17-13(6-12(15)16-17)23(20,21)19-9-14(10-19)7-18(8-14)11-2-4-22-5-3-11/h6,11H,2-5,7-10H2,1H3. The molecule has 3 fully saturated rings. The van der Waals surface area contributed by atoms with Crippen LogP contribution in [0.3, 0.4) is 0 Å². The molecule has 3 aliphatic heterocycles. The molecular weight excluding hydrogens is 384 g/mol. The number of nitrogens with zero attached hydrogens (tertiary/aromatic N) is 4. The molecule has 3 saturated heterocycles. The number of hydrogen-bond acceptors (Lipinski definition) is 5. The number of hydrogen-bond donors (Lipinski definition) is 0. The zero-order chi connectivity index (χ0) is 16.2. The largest absolute Gasteiger partial charge is 0.381 e. The van der Waals surface area contributed by atoms with Crippen molar-refractivity contribution in [3.63, 3.8) is 0 Å². The van der Waals surface area contributed by atoms with E-state index in [1.165, 1.54) is 4.68 Å². The molecule has 0 bridgehead atoms. The Morgan fingerprint density at radius 3 is 2.48 bits per heavy atom. The Hall–Kier alpha value is -0.480. The van der Waals surface area contributed by atoms with E-state index in [1.807, 2.05) is 0 Å². The molecule has 0 aliphatic carbocycles. The summed E-state index contributed by atoms with van der Waals surface area (Å²) in [6.45, 7) is 4.97. The topological polar surface area (TPSA) is 67.7 Å². The van der Waals surface area contributed by atoms with Crippen LogP contribution in [-0.4, -0.2) is 72.8 Å². The van der Waals surface area contributed by atoms with Gasteiger partial charge in [-0.2, -0.15) is 9.40 Å². The van der Waals surface area contributed by atoms with E-state index in [9.17, 15) is 8.42 Å². The van der Waals surface area contributed by atoms with Gasteiger partial charge in [0.05, 0.1) is 0 Å². The van der Waals surface area contributed by atoms with Crippen LogP contribution in [0.2, 0.25) is 0 Å². The van der Waals surface area contributed by atoms with Crippen LogP contribution in [0.25, 0.3) is 0 Å². The Bertz CT molecular complexity index is 700. The predicted octanol–water partition coefficient (Wildman–Crippen LogP) is 0.668. The molecule has 1 aromatic rings. The minimum Gasteiger partial charge on any atom is -0.381 e. The van der Waals surface area contributed by atoms with E-state index >= 15 is 0 Å². The molecule has 0 aromatic carbocycles. The fraction of sp³-hybridized carbons (Fsp3) is 0.786. The average Bonchev–Trinajstić information content (AvgIpc) is 2.76. The normalized spacial score (nSPS) is 26.2. The summed E-state index contributed by atoms with van der Waals surface area (Å²) in [4.78, 5) is 2.49.